The maximum atomic E-state index is 12.6. The number of imide groups is 1. The van der Waals surface area contributed by atoms with Crippen molar-refractivity contribution in [3.05, 3.63) is 54.2 Å². The Balaban J connectivity index is 1.67. The fraction of sp³-hybridized carbons (Fsp3) is 0.182. The van der Waals surface area contributed by atoms with Gasteiger partial charge in [-0.25, -0.2) is 4.79 Å². The van der Waals surface area contributed by atoms with Crippen LogP contribution in [0.5, 0.6) is 17.4 Å². The quantitative estimate of drug-likeness (QED) is 0.412. The van der Waals surface area contributed by atoms with E-state index in [0.29, 0.717) is 16.5 Å². The molecule has 3 amide bonds. The van der Waals surface area contributed by atoms with Gasteiger partial charge in [-0.3, -0.25) is 10.1 Å². The van der Waals surface area contributed by atoms with Crippen LogP contribution >= 0.6 is 0 Å². The Bertz CT molecular complexity index is 1310. The molecule has 1 fully saturated rings. The summed E-state index contributed by atoms with van der Waals surface area (Å²) in [7, 11) is 1.49. The first kappa shape index (κ1) is 21.9. The Morgan fingerprint density at radius 3 is 2.42 bits per heavy atom. The maximum Gasteiger partial charge on any atom is 0.573 e. The van der Waals surface area contributed by atoms with Gasteiger partial charge in [-0.05, 0) is 42.5 Å². The lowest BCUT2D eigenvalue weighted by molar-refractivity contribution is -0.274. The van der Waals surface area contributed by atoms with Crippen molar-refractivity contribution in [1.29, 1.82) is 0 Å². The first-order valence-corrected chi connectivity index (χ1v) is 9.47. The Labute approximate surface area is 184 Å². The third-order valence-corrected chi connectivity index (χ3v) is 4.93. The van der Waals surface area contributed by atoms with Crippen molar-refractivity contribution in [2.45, 2.75) is 18.4 Å². The van der Waals surface area contributed by atoms with Crippen molar-refractivity contribution in [3.8, 4) is 29.2 Å². The smallest absolute Gasteiger partial charge is 0.497 e. The number of amides is 3. The number of nitrogens with zero attached hydrogens (tertiary/aromatic N) is 1. The molecule has 33 heavy (non-hydrogen) atoms. The fourth-order valence-electron chi connectivity index (χ4n) is 3.38. The second kappa shape index (κ2) is 7.98. The summed E-state index contributed by atoms with van der Waals surface area (Å²) in [5.74, 6) is 4.58. The summed E-state index contributed by atoms with van der Waals surface area (Å²) in [5.41, 5.74) is -1.45. The van der Waals surface area contributed by atoms with E-state index in [2.05, 4.69) is 27.2 Å². The number of carbonyl (C=O) groups is 2. The zero-order chi connectivity index (χ0) is 23.8. The number of alkyl halides is 3. The number of ether oxygens (including phenoxy) is 2. The van der Waals surface area contributed by atoms with Gasteiger partial charge in [0, 0.05) is 22.5 Å². The summed E-state index contributed by atoms with van der Waals surface area (Å²) in [6, 6.07) is 9.01. The third kappa shape index (κ3) is 4.50. The van der Waals surface area contributed by atoms with Crippen molar-refractivity contribution in [2.75, 3.05) is 7.11 Å². The number of methoxy groups -OCH3 is 1. The summed E-state index contributed by atoms with van der Waals surface area (Å²) >= 11 is 0. The highest BCUT2D eigenvalue weighted by atomic mass is 19.4. The van der Waals surface area contributed by atoms with E-state index in [0.717, 1.165) is 12.1 Å². The number of aromatic hydroxyl groups is 1. The summed E-state index contributed by atoms with van der Waals surface area (Å²) in [5, 5.41) is 16.4. The molecule has 2 aromatic carbocycles. The monoisotopic (exact) mass is 459 g/mol. The van der Waals surface area contributed by atoms with Crippen LogP contribution in [0.15, 0.2) is 48.7 Å². The molecular formula is C22H16F3N3O5. The molecule has 0 saturated carbocycles. The Hall–Kier alpha value is -4.33. The van der Waals surface area contributed by atoms with Crippen LogP contribution < -0.4 is 20.1 Å². The first-order valence-electron chi connectivity index (χ1n) is 9.47. The van der Waals surface area contributed by atoms with E-state index in [1.54, 1.807) is 24.4 Å². The van der Waals surface area contributed by atoms with E-state index >= 15 is 0 Å². The summed E-state index contributed by atoms with van der Waals surface area (Å²) in [4.78, 5) is 24.5. The number of hydrogen-bond donors (Lipinski definition) is 3. The molecule has 1 atom stereocenters. The number of hydrogen-bond acceptors (Lipinski definition) is 5. The predicted molar refractivity (Wildman–Crippen MR) is 110 cm³/mol. The van der Waals surface area contributed by atoms with Crippen molar-refractivity contribution in [2.24, 2.45) is 0 Å². The van der Waals surface area contributed by atoms with Crippen molar-refractivity contribution in [1.82, 2.24) is 15.2 Å². The topological polar surface area (TPSA) is 102 Å². The SMILES string of the molecule is COc1ccc2cn(C[C@@]3(C#Cc4ccc(OC(F)(F)F)cc4)NC(=O)NC3=O)c(O)c2c1. The molecule has 3 aromatic rings. The van der Waals surface area contributed by atoms with E-state index in [-0.39, 0.29) is 18.0 Å². The van der Waals surface area contributed by atoms with Crippen molar-refractivity contribution in [3.63, 3.8) is 0 Å². The van der Waals surface area contributed by atoms with Gasteiger partial charge in [-0.1, -0.05) is 11.8 Å². The molecular weight excluding hydrogens is 443 g/mol. The van der Waals surface area contributed by atoms with Gasteiger partial charge in [0.15, 0.2) is 5.88 Å². The number of urea groups is 1. The second-order valence-electron chi connectivity index (χ2n) is 7.17. The first-order chi connectivity index (χ1) is 15.6. The molecule has 0 radical (unpaired) electrons. The summed E-state index contributed by atoms with van der Waals surface area (Å²) < 4.78 is 47.3. The van der Waals surface area contributed by atoms with Gasteiger partial charge in [-0.2, -0.15) is 0 Å². The largest absolute Gasteiger partial charge is 0.573 e. The number of aromatic nitrogens is 1. The molecule has 1 saturated heterocycles. The highest BCUT2D eigenvalue weighted by Crippen LogP contribution is 2.32. The van der Waals surface area contributed by atoms with Crippen LogP contribution in [0.25, 0.3) is 10.8 Å². The van der Waals surface area contributed by atoms with Crippen molar-refractivity contribution < 1.29 is 37.3 Å². The van der Waals surface area contributed by atoms with E-state index < -0.39 is 29.6 Å². The lowest BCUT2D eigenvalue weighted by Crippen LogP contribution is -2.49. The minimum Gasteiger partial charge on any atom is -0.497 e. The second-order valence-corrected chi connectivity index (χ2v) is 7.17. The average molecular weight is 459 g/mol. The molecule has 0 unspecified atom stereocenters. The molecule has 0 bridgehead atoms. The van der Waals surface area contributed by atoms with Crippen LogP contribution in [0.1, 0.15) is 5.56 Å². The van der Waals surface area contributed by atoms with Gasteiger partial charge in [-0.15, -0.1) is 13.2 Å². The zero-order valence-electron chi connectivity index (χ0n) is 17.0. The molecule has 1 aliphatic rings. The zero-order valence-corrected chi connectivity index (χ0v) is 17.0. The van der Waals surface area contributed by atoms with E-state index in [9.17, 15) is 27.9 Å². The van der Waals surface area contributed by atoms with Gasteiger partial charge < -0.3 is 24.5 Å². The molecule has 4 rings (SSSR count). The molecule has 1 aliphatic heterocycles. The minimum atomic E-state index is -4.82. The standard InChI is InChI=1S/C22H16F3N3O5/c1-32-16-7-4-14-11-28(18(29)17(14)10-16)12-21(19(30)26-20(31)27-21)9-8-13-2-5-15(6-3-13)33-22(23,24)25/h2-7,10-11,29H,12H2,1H3,(H2,26,27,30,31)/t21-/m1/s1. The average Bonchev–Trinajstić information content (AvgIpc) is 3.21. The highest BCUT2D eigenvalue weighted by molar-refractivity contribution is 6.09. The van der Waals surface area contributed by atoms with E-state index in [1.807, 2.05) is 0 Å². The molecule has 2 heterocycles. The number of carbonyl (C=O) groups excluding carboxylic acids is 2. The lowest BCUT2D eigenvalue weighted by atomic mass is 10.00. The third-order valence-electron chi connectivity index (χ3n) is 4.93. The van der Waals surface area contributed by atoms with Crippen LogP contribution in [0.2, 0.25) is 0 Å². The van der Waals surface area contributed by atoms with Crippen LogP contribution in [0, 0.1) is 11.8 Å². The van der Waals surface area contributed by atoms with Crippen molar-refractivity contribution >= 4 is 22.7 Å². The molecule has 11 heteroatoms. The van der Waals surface area contributed by atoms with Gasteiger partial charge in [0.25, 0.3) is 5.91 Å². The number of benzene rings is 2. The number of rotatable bonds is 4. The van der Waals surface area contributed by atoms with Gasteiger partial charge in [0.05, 0.1) is 13.7 Å². The molecule has 170 valence electrons. The van der Waals surface area contributed by atoms with Crippen LogP contribution in [0.3, 0.4) is 0 Å². The highest BCUT2D eigenvalue weighted by Gasteiger charge is 2.46. The molecule has 0 spiro atoms. The van der Waals surface area contributed by atoms with Gasteiger partial charge >= 0.3 is 12.4 Å². The molecule has 1 aromatic heterocycles. The number of fused-ring (bicyclic) bond motifs is 1. The minimum absolute atomic E-state index is 0.160. The summed E-state index contributed by atoms with van der Waals surface area (Å²) in [6.45, 7) is -0.227. The fourth-order valence-corrected chi connectivity index (χ4v) is 3.38. The molecule has 0 aliphatic carbocycles. The number of halogens is 3. The number of nitrogens with one attached hydrogen (secondary N) is 2. The van der Waals surface area contributed by atoms with Crippen LogP contribution in [0.4, 0.5) is 18.0 Å². The molecule has 3 N–H and O–H groups in total. The van der Waals surface area contributed by atoms with E-state index in [4.69, 9.17) is 4.74 Å². The summed E-state index contributed by atoms with van der Waals surface area (Å²) in [6.07, 6.45) is -3.23. The van der Waals surface area contributed by atoms with Gasteiger partial charge in [0.2, 0.25) is 5.54 Å². The Morgan fingerprint density at radius 1 is 1.12 bits per heavy atom. The maximum absolute atomic E-state index is 12.6. The van der Waals surface area contributed by atoms with E-state index in [1.165, 1.54) is 23.8 Å². The van der Waals surface area contributed by atoms with Gasteiger partial charge in [0.1, 0.15) is 11.5 Å². The molecule has 8 nitrogen and oxygen atoms in total. The van der Waals surface area contributed by atoms with Crippen LogP contribution in [-0.4, -0.2) is 40.6 Å². The Morgan fingerprint density at radius 2 is 1.82 bits per heavy atom. The Kier molecular flexibility index (Phi) is 5.29. The van der Waals surface area contributed by atoms with Crippen LogP contribution in [-0.2, 0) is 11.3 Å². The normalized spacial score (nSPS) is 17.8. The lowest BCUT2D eigenvalue weighted by Gasteiger charge is -2.20. The predicted octanol–water partition coefficient (Wildman–Crippen LogP) is 2.88.